The highest BCUT2D eigenvalue weighted by atomic mass is 35.5. The van der Waals surface area contributed by atoms with Crippen LogP contribution < -0.4 is 14.4 Å². The molecule has 4 aromatic rings. The number of ether oxygens (including phenoxy) is 2. The number of aliphatic hydroxyl groups excluding tert-OH is 1. The quantitative estimate of drug-likeness (QED) is 0.205. The summed E-state index contributed by atoms with van der Waals surface area (Å²) in [5.74, 6) is -1.10. The minimum Gasteiger partial charge on any atom is -0.507 e. The Labute approximate surface area is 212 Å². The SMILES string of the molecule is COc1ccc(/C(O)=C2\C(=O)C(=O)N(c3ccc(C)c(Cl)c3)C2c2c[nH]c3ccccc23)c(OC)c1. The number of aliphatic hydroxyl groups is 1. The first-order chi connectivity index (χ1) is 17.3. The predicted molar refractivity (Wildman–Crippen MR) is 139 cm³/mol. The first kappa shape index (κ1) is 23.5. The molecule has 1 fully saturated rings. The minimum absolute atomic E-state index is 0.0510. The number of Topliss-reactive ketones (excluding diaryl/α,β-unsaturated/α-hetero) is 1. The van der Waals surface area contributed by atoms with E-state index in [0.717, 1.165) is 16.5 Å². The number of aromatic amines is 1. The second-order valence-electron chi connectivity index (χ2n) is 8.46. The monoisotopic (exact) mass is 502 g/mol. The Morgan fingerprint density at radius 1 is 1.03 bits per heavy atom. The van der Waals surface area contributed by atoms with Crippen LogP contribution in [0.5, 0.6) is 11.5 Å². The molecule has 0 aliphatic carbocycles. The molecular weight excluding hydrogens is 480 g/mol. The number of methoxy groups -OCH3 is 2. The Kier molecular flexibility index (Phi) is 5.94. The van der Waals surface area contributed by atoms with E-state index < -0.39 is 17.7 Å². The van der Waals surface area contributed by atoms with Gasteiger partial charge in [0.05, 0.1) is 31.4 Å². The number of carbonyl (C=O) groups is 2. The van der Waals surface area contributed by atoms with Crippen molar-refractivity contribution < 1.29 is 24.2 Å². The van der Waals surface area contributed by atoms with Crippen molar-refractivity contribution in [1.29, 1.82) is 0 Å². The lowest BCUT2D eigenvalue weighted by atomic mass is 9.94. The number of ketones is 1. The first-order valence-electron chi connectivity index (χ1n) is 11.2. The second-order valence-corrected chi connectivity index (χ2v) is 8.87. The molecule has 2 N–H and O–H groups in total. The molecule has 7 nitrogen and oxygen atoms in total. The molecule has 5 rings (SSSR count). The van der Waals surface area contributed by atoms with Crippen LogP contribution in [0.1, 0.15) is 22.7 Å². The molecule has 0 bridgehead atoms. The zero-order chi connectivity index (χ0) is 25.6. The molecule has 0 radical (unpaired) electrons. The van der Waals surface area contributed by atoms with Crippen molar-refractivity contribution in [2.75, 3.05) is 19.1 Å². The fourth-order valence-electron chi connectivity index (χ4n) is 4.58. The van der Waals surface area contributed by atoms with Crippen LogP contribution in [0.15, 0.2) is 72.4 Å². The van der Waals surface area contributed by atoms with Gasteiger partial charge in [0.15, 0.2) is 0 Å². The van der Waals surface area contributed by atoms with Crippen LogP contribution >= 0.6 is 11.6 Å². The maximum Gasteiger partial charge on any atom is 0.300 e. The number of nitrogens with one attached hydrogen (secondary N) is 1. The van der Waals surface area contributed by atoms with Gasteiger partial charge in [-0.05, 0) is 42.8 Å². The Balaban J connectivity index is 1.79. The Morgan fingerprint density at radius 3 is 2.53 bits per heavy atom. The first-order valence-corrected chi connectivity index (χ1v) is 11.6. The molecular formula is C28H23ClN2O5. The molecule has 3 aromatic carbocycles. The molecule has 182 valence electrons. The van der Waals surface area contributed by atoms with Gasteiger partial charge in [0.2, 0.25) is 0 Å². The van der Waals surface area contributed by atoms with Crippen LogP contribution in [0.3, 0.4) is 0 Å². The molecule has 1 aliphatic heterocycles. The van der Waals surface area contributed by atoms with E-state index in [4.69, 9.17) is 21.1 Å². The van der Waals surface area contributed by atoms with Gasteiger partial charge in [0.1, 0.15) is 17.3 Å². The fourth-order valence-corrected chi connectivity index (χ4v) is 4.76. The number of hydrogen-bond donors (Lipinski definition) is 2. The maximum atomic E-state index is 13.5. The summed E-state index contributed by atoms with van der Waals surface area (Å²) >= 11 is 6.39. The standard InChI is InChI=1S/C28H23ClN2O5/c1-15-8-9-16(12-21(15)29)31-25(20-14-30-22-7-5-4-6-18(20)22)24(27(33)28(31)34)26(32)19-11-10-17(35-2)13-23(19)36-3/h4-14,25,30,32H,1-3H3/b26-24+. The number of fused-ring (bicyclic) bond motifs is 1. The van der Waals surface area contributed by atoms with E-state index in [1.807, 2.05) is 31.2 Å². The Hall–Kier alpha value is -4.23. The number of aryl methyl sites for hydroxylation is 1. The van der Waals surface area contributed by atoms with Crippen molar-refractivity contribution >= 4 is 45.6 Å². The average Bonchev–Trinajstić information content (AvgIpc) is 3.43. The van der Waals surface area contributed by atoms with Gasteiger partial charge in [-0.15, -0.1) is 0 Å². The molecule has 0 spiro atoms. The topological polar surface area (TPSA) is 91.9 Å². The summed E-state index contributed by atoms with van der Waals surface area (Å²) < 4.78 is 10.7. The average molecular weight is 503 g/mol. The van der Waals surface area contributed by atoms with Gasteiger partial charge in [-0.3, -0.25) is 14.5 Å². The number of benzene rings is 3. The number of halogens is 1. The lowest BCUT2D eigenvalue weighted by Gasteiger charge is -2.25. The van der Waals surface area contributed by atoms with Crippen molar-refractivity contribution in [3.63, 3.8) is 0 Å². The number of anilines is 1. The molecule has 1 amide bonds. The van der Waals surface area contributed by atoms with Gasteiger partial charge < -0.3 is 19.6 Å². The fraction of sp³-hybridized carbons (Fsp3) is 0.143. The lowest BCUT2D eigenvalue weighted by molar-refractivity contribution is -0.132. The third kappa shape index (κ3) is 3.69. The van der Waals surface area contributed by atoms with E-state index >= 15 is 0 Å². The summed E-state index contributed by atoms with van der Waals surface area (Å²) in [4.78, 5) is 31.6. The number of amides is 1. The number of rotatable bonds is 5. The highest BCUT2D eigenvalue weighted by molar-refractivity contribution is 6.52. The third-order valence-electron chi connectivity index (χ3n) is 6.46. The number of aromatic nitrogens is 1. The van der Waals surface area contributed by atoms with Gasteiger partial charge in [-0.1, -0.05) is 35.9 Å². The van der Waals surface area contributed by atoms with Crippen LogP contribution in [-0.2, 0) is 9.59 Å². The van der Waals surface area contributed by atoms with E-state index in [9.17, 15) is 14.7 Å². The second kappa shape index (κ2) is 9.09. The molecule has 1 aliphatic rings. The lowest BCUT2D eigenvalue weighted by Crippen LogP contribution is -2.29. The van der Waals surface area contributed by atoms with Crippen LogP contribution in [0, 0.1) is 6.92 Å². The van der Waals surface area contributed by atoms with Crippen molar-refractivity contribution in [1.82, 2.24) is 4.98 Å². The molecule has 8 heteroatoms. The van der Waals surface area contributed by atoms with Gasteiger partial charge in [0.25, 0.3) is 11.7 Å². The summed E-state index contributed by atoms with van der Waals surface area (Å²) in [6.07, 6.45) is 1.75. The van der Waals surface area contributed by atoms with Crippen LogP contribution in [0.25, 0.3) is 16.7 Å². The molecule has 1 atom stereocenters. The predicted octanol–water partition coefficient (Wildman–Crippen LogP) is 5.77. The van der Waals surface area contributed by atoms with Crippen molar-refractivity contribution in [2.24, 2.45) is 0 Å². The van der Waals surface area contributed by atoms with E-state index in [1.54, 1.807) is 42.6 Å². The normalized spacial score (nSPS) is 17.1. The number of hydrogen-bond acceptors (Lipinski definition) is 5. The molecule has 1 saturated heterocycles. The third-order valence-corrected chi connectivity index (χ3v) is 6.86. The van der Waals surface area contributed by atoms with Gasteiger partial charge >= 0.3 is 0 Å². The molecule has 1 unspecified atom stereocenters. The zero-order valence-electron chi connectivity index (χ0n) is 19.8. The Bertz CT molecular complexity index is 1550. The summed E-state index contributed by atoms with van der Waals surface area (Å²) in [6, 6.07) is 16.7. The molecule has 2 heterocycles. The summed E-state index contributed by atoms with van der Waals surface area (Å²) in [7, 11) is 2.97. The summed E-state index contributed by atoms with van der Waals surface area (Å²) in [6.45, 7) is 1.85. The van der Waals surface area contributed by atoms with Gasteiger partial charge in [0, 0.05) is 39.4 Å². The number of carbonyl (C=O) groups excluding carboxylic acids is 2. The maximum absolute atomic E-state index is 13.5. The van der Waals surface area contributed by atoms with Crippen LogP contribution in [0.2, 0.25) is 5.02 Å². The zero-order valence-corrected chi connectivity index (χ0v) is 20.6. The van der Waals surface area contributed by atoms with Crippen molar-refractivity contribution in [3.05, 3.63) is 94.1 Å². The molecule has 0 saturated carbocycles. The van der Waals surface area contributed by atoms with Crippen LogP contribution in [0.4, 0.5) is 5.69 Å². The van der Waals surface area contributed by atoms with E-state index in [0.29, 0.717) is 27.8 Å². The smallest absolute Gasteiger partial charge is 0.300 e. The van der Waals surface area contributed by atoms with E-state index in [1.165, 1.54) is 19.1 Å². The van der Waals surface area contributed by atoms with Gasteiger partial charge in [-0.25, -0.2) is 0 Å². The molecule has 36 heavy (non-hydrogen) atoms. The largest absolute Gasteiger partial charge is 0.507 e. The van der Waals surface area contributed by atoms with Gasteiger partial charge in [-0.2, -0.15) is 0 Å². The number of para-hydroxylation sites is 1. The Morgan fingerprint density at radius 2 is 1.81 bits per heavy atom. The van der Waals surface area contributed by atoms with Crippen molar-refractivity contribution in [2.45, 2.75) is 13.0 Å². The number of H-pyrrole nitrogens is 1. The van der Waals surface area contributed by atoms with Crippen molar-refractivity contribution in [3.8, 4) is 11.5 Å². The van der Waals surface area contributed by atoms with Crippen LogP contribution in [-0.4, -0.2) is 36.0 Å². The number of nitrogens with zero attached hydrogens (tertiary/aromatic N) is 1. The van der Waals surface area contributed by atoms with E-state index in [2.05, 4.69) is 4.98 Å². The highest BCUT2D eigenvalue weighted by Crippen LogP contribution is 2.45. The summed E-state index contributed by atoms with van der Waals surface area (Å²) in [5.41, 5.74) is 3.00. The summed E-state index contributed by atoms with van der Waals surface area (Å²) in [5, 5.41) is 12.8. The minimum atomic E-state index is -0.910. The van der Waals surface area contributed by atoms with E-state index in [-0.39, 0.29) is 16.9 Å². The molecule has 1 aromatic heterocycles. The highest BCUT2D eigenvalue weighted by Gasteiger charge is 2.48.